The minimum absolute atomic E-state index is 0.0577. The van der Waals surface area contributed by atoms with E-state index in [1.807, 2.05) is 20.8 Å². The molecule has 1 amide bonds. The molecular weight excluding hydrogens is 318 g/mol. The van der Waals surface area contributed by atoms with Gasteiger partial charge < -0.3 is 25.6 Å². The van der Waals surface area contributed by atoms with Crippen LogP contribution in [0.1, 0.15) is 40.0 Å². The second-order valence-electron chi connectivity index (χ2n) is 7.28. The number of guanidine groups is 1. The van der Waals surface area contributed by atoms with Gasteiger partial charge in [-0.05, 0) is 40.0 Å². The molecule has 1 aliphatic heterocycles. The second-order valence-corrected chi connectivity index (χ2v) is 7.28. The van der Waals surface area contributed by atoms with Gasteiger partial charge >= 0.3 is 0 Å². The normalized spacial score (nSPS) is 17.4. The first-order chi connectivity index (χ1) is 11.9. The first-order valence-corrected chi connectivity index (χ1v) is 9.39. The Kier molecular flexibility index (Phi) is 9.82. The quantitative estimate of drug-likeness (QED) is 0.324. The lowest BCUT2D eigenvalue weighted by Gasteiger charge is -2.33. The van der Waals surface area contributed by atoms with Gasteiger partial charge in [0.25, 0.3) is 0 Å². The van der Waals surface area contributed by atoms with Crippen LogP contribution in [0, 0.1) is 5.41 Å². The maximum atomic E-state index is 12.1. The van der Waals surface area contributed by atoms with Gasteiger partial charge in [-0.1, -0.05) is 0 Å². The number of carbonyl (C=O) groups excluding carboxylic acids is 1. The number of rotatable bonds is 9. The molecule has 0 atom stereocenters. The maximum absolute atomic E-state index is 12.1. The highest BCUT2D eigenvalue weighted by atomic mass is 16.5. The van der Waals surface area contributed by atoms with Crippen LogP contribution in [0.5, 0.6) is 0 Å². The molecule has 3 N–H and O–H groups in total. The van der Waals surface area contributed by atoms with Gasteiger partial charge in [-0.3, -0.25) is 9.79 Å². The Balaban J connectivity index is 2.34. The molecule has 1 rings (SSSR count). The summed E-state index contributed by atoms with van der Waals surface area (Å²) in [6.07, 6.45) is 3.30. The van der Waals surface area contributed by atoms with Crippen molar-refractivity contribution in [3.63, 3.8) is 0 Å². The third kappa shape index (κ3) is 8.05. The molecule has 7 heteroatoms. The molecule has 0 radical (unpaired) electrons. The molecule has 1 saturated heterocycles. The van der Waals surface area contributed by atoms with E-state index in [-0.39, 0.29) is 5.91 Å². The molecule has 0 aliphatic carbocycles. The molecular formula is C18H37N5O2. The third-order valence-corrected chi connectivity index (χ3v) is 4.62. The fraction of sp³-hybridized carbons (Fsp3) is 0.889. The Bertz CT molecular complexity index is 418. The predicted octanol–water partition coefficient (Wildman–Crippen LogP) is 0.815. The van der Waals surface area contributed by atoms with Crippen LogP contribution in [0.3, 0.4) is 0 Å². The van der Waals surface area contributed by atoms with Gasteiger partial charge in [-0.2, -0.15) is 0 Å². The van der Waals surface area contributed by atoms with Gasteiger partial charge in [-0.25, -0.2) is 0 Å². The fourth-order valence-electron chi connectivity index (χ4n) is 2.91. The number of hydrogen-bond acceptors (Lipinski definition) is 4. The molecule has 25 heavy (non-hydrogen) atoms. The van der Waals surface area contributed by atoms with Crippen LogP contribution in [0.4, 0.5) is 0 Å². The lowest BCUT2D eigenvalue weighted by Crippen LogP contribution is -2.52. The zero-order chi connectivity index (χ0) is 18.7. The zero-order valence-corrected chi connectivity index (χ0v) is 16.7. The van der Waals surface area contributed by atoms with Crippen molar-refractivity contribution in [3.8, 4) is 0 Å². The van der Waals surface area contributed by atoms with Crippen LogP contribution in [0.15, 0.2) is 4.99 Å². The summed E-state index contributed by atoms with van der Waals surface area (Å²) < 4.78 is 5.12. The largest absolute Gasteiger partial charge is 0.385 e. The van der Waals surface area contributed by atoms with Crippen molar-refractivity contribution in [2.45, 2.75) is 46.1 Å². The lowest BCUT2D eigenvalue weighted by molar-refractivity contribution is -0.128. The Morgan fingerprint density at radius 2 is 1.96 bits per heavy atom. The fourth-order valence-corrected chi connectivity index (χ4v) is 2.91. The molecule has 0 aromatic heterocycles. The molecule has 1 heterocycles. The number of ether oxygens (including phenoxy) is 1. The summed E-state index contributed by atoms with van der Waals surface area (Å²) in [7, 11) is 3.52. The van der Waals surface area contributed by atoms with E-state index in [0.717, 1.165) is 51.5 Å². The highest BCUT2D eigenvalue weighted by Gasteiger charge is 2.27. The van der Waals surface area contributed by atoms with Gasteiger partial charge in [0.1, 0.15) is 0 Å². The number of nitrogens with one attached hydrogen (secondary N) is 3. The third-order valence-electron chi connectivity index (χ3n) is 4.62. The highest BCUT2D eigenvalue weighted by Crippen LogP contribution is 2.14. The molecule has 0 aromatic rings. The maximum Gasteiger partial charge on any atom is 0.227 e. The highest BCUT2D eigenvalue weighted by molar-refractivity contribution is 5.84. The number of carbonyl (C=O) groups is 1. The van der Waals surface area contributed by atoms with E-state index in [0.29, 0.717) is 19.1 Å². The van der Waals surface area contributed by atoms with Crippen LogP contribution in [0.25, 0.3) is 0 Å². The molecule has 0 spiro atoms. The number of aliphatic imine (C=N–C) groups is 1. The number of amides is 1. The van der Waals surface area contributed by atoms with E-state index >= 15 is 0 Å². The molecule has 0 bridgehead atoms. The minimum Gasteiger partial charge on any atom is -0.385 e. The van der Waals surface area contributed by atoms with Gasteiger partial charge in [-0.15, -0.1) is 0 Å². The van der Waals surface area contributed by atoms with Gasteiger partial charge in [0.05, 0.1) is 5.41 Å². The standard InChI is InChI=1S/C18H37N5O2/c1-6-20-16(24)18(2,3)14-21-17(19-4)22-15-8-11-23(12-9-15)10-7-13-25-5/h15H,6-14H2,1-5H3,(H,20,24)(H2,19,21,22). The molecule has 1 fully saturated rings. The first-order valence-electron chi connectivity index (χ1n) is 9.39. The smallest absolute Gasteiger partial charge is 0.227 e. The summed E-state index contributed by atoms with van der Waals surface area (Å²) in [4.78, 5) is 18.9. The van der Waals surface area contributed by atoms with Crippen LogP contribution in [0.2, 0.25) is 0 Å². The summed E-state index contributed by atoms with van der Waals surface area (Å²) in [6.45, 7) is 11.2. The average molecular weight is 356 g/mol. The van der Waals surface area contributed by atoms with E-state index in [4.69, 9.17) is 4.74 Å². The van der Waals surface area contributed by atoms with Gasteiger partial charge in [0.15, 0.2) is 5.96 Å². The Hall–Kier alpha value is -1.34. The monoisotopic (exact) mass is 355 g/mol. The van der Waals surface area contributed by atoms with E-state index in [1.54, 1.807) is 14.2 Å². The summed E-state index contributed by atoms with van der Waals surface area (Å²) in [5, 5.41) is 9.67. The SMILES string of the molecule is CCNC(=O)C(C)(C)CNC(=NC)NC1CCN(CCCOC)CC1. The lowest BCUT2D eigenvalue weighted by atomic mass is 9.92. The van der Waals surface area contributed by atoms with Crippen LogP contribution >= 0.6 is 0 Å². The van der Waals surface area contributed by atoms with Crippen LogP contribution in [-0.2, 0) is 9.53 Å². The van der Waals surface area contributed by atoms with E-state index in [2.05, 4.69) is 25.8 Å². The van der Waals surface area contributed by atoms with Gasteiger partial charge in [0, 0.05) is 59.5 Å². The first kappa shape index (κ1) is 21.7. The molecule has 0 saturated carbocycles. The topological polar surface area (TPSA) is 78.0 Å². The van der Waals surface area contributed by atoms with Crippen LogP contribution in [-0.4, -0.2) is 76.3 Å². The molecule has 7 nitrogen and oxygen atoms in total. The minimum atomic E-state index is -0.474. The van der Waals surface area contributed by atoms with Crippen molar-refractivity contribution < 1.29 is 9.53 Å². The molecule has 1 aliphatic rings. The van der Waals surface area contributed by atoms with Crippen molar-refractivity contribution in [2.24, 2.45) is 10.4 Å². The van der Waals surface area contributed by atoms with Gasteiger partial charge in [0.2, 0.25) is 5.91 Å². The Morgan fingerprint density at radius 3 is 2.52 bits per heavy atom. The molecule has 146 valence electrons. The summed E-state index contributed by atoms with van der Waals surface area (Å²) >= 11 is 0. The Morgan fingerprint density at radius 1 is 1.28 bits per heavy atom. The number of hydrogen-bond donors (Lipinski definition) is 3. The average Bonchev–Trinajstić information content (AvgIpc) is 2.60. The van der Waals surface area contributed by atoms with Crippen molar-refractivity contribution in [2.75, 3.05) is 53.5 Å². The Labute approximate surface area is 153 Å². The number of nitrogens with zero attached hydrogens (tertiary/aromatic N) is 2. The van der Waals surface area contributed by atoms with Crippen molar-refractivity contribution in [1.82, 2.24) is 20.9 Å². The summed E-state index contributed by atoms with van der Waals surface area (Å²) in [6, 6.07) is 0.428. The van der Waals surface area contributed by atoms with Crippen LogP contribution < -0.4 is 16.0 Å². The van der Waals surface area contributed by atoms with Crippen molar-refractivity contribution in [3.05, 3.63) is 0 Å². The van der Waals surface area contributed by atoms with Crippen molar-refractivity contribution in [1.29, 1.82) is 0 Å². The van der Waals surface area contributed by atoms with E-state index < -0.39 is 5.41 Å². The number of methoxy groups -OCH3 is 1. The second kappa shape index (κ2) is 11.3. The molecule has 0 aromatic carbocycles. The summed E-state index contributed by atoms with van der Waals surface area (Å²) in [5.41, 5.74) is -0.474. The number of piperidine rings is 1. The summed E-state index contributed by atoms with van der Waals surface area (Å²) in [5.74, 6) is 0.831. The van der Waals surface area contributed by atoms with Crippen molar-refractivity contribution >= 4 is 11.9 Å². The van der Waals surface area contributed by atoms with E-state index in [9.17, 15) is 4.79 Å². The zero-order valence-electron chi connectivity index (χ0n) is 16.7. The number of likely N-dealkylation sites (tertiary alicyclic amines) is 1. The molecule has 0 unspecified atom stereocenters. The predicted molar refractivity (Wildman–Crippen MR) is 103 cm³/mol. The van der Waals surface area contributed by atoms with E-state index in [1.165, 1.54) is 0 Å².